The van der Waals surface area contributed by atoms with E-state index in [-0.39, 0.29) is 10.8 Å². The van der Waals surface area contributed by atoms with E-state index in [1.165, 1.54) is 30.3 Å². The Morgan fingerprint density at radius 1 is 0.743 bits per heavy atom. The summed E-state index contributed by atoms with van der Waals surface area (Å²) in [5, 5.41) is 3.78. The second kappa shape index (κ2) is 10.8. The van der Waals surface area contributed by atoms with Crippen LogP contribution >= 0.6 is 23.2 Å². The molecule has 0 saturated heterocycles. The number of carbonyl (C=O) groups excluding carboxylic acids is 1. The lowest BCUT2D eigenvalue weighted by atomic mass is 10.0. The topological polar surface area (TPSA) is 75.3 Å². The van der Waals surface area contributed by atoms with E-state index in [0.29, 0.717) is 32.6 Å². The first-order valence-corrected chi connectivity index (χ1v) is 12.8. The molecule has 4 aromatic carbocycles. The van der Waals surface area contributed by atoms with Gasteiger partial charge in [-0.2, -0.15) is 0 Å². The fraction of sp³-hybridized carbons (Fsp3) is 0. The first kappa shape index (κ1) is 24.5. The SMILES string of the molecule is O=C(Nc1ccc(S(=O)(=O)Nc2cccc(Cl)c2)cc1)/C(=C/c1ccccc1Cl)c1ccccc1. The van der Waals surface area contributed by atoms with Crippen molar-refractivity contribution in [3.8, 4) is 0 Å². The highest BCUT2D eigenvalue weighted by atomic mass is 35.5. The predicted octanol–water partition coefficient (Wildman–Crippen LogP) is 6.97. The first-order chi connectivity index (χ1) is 16.8. The van der Waals surface area contributed by atoms with Gasteiger partial charge in [0, 0.05) is 21.3 Å². The van der Waals surface area contributed by atoms with Gasteiger partial charge in [0.15, 0.2) is 0 Å². The number of sulfonamides is 1. The normalized spacial score (nSPS) is 11.7. The zero-order valence-electron chi connectivity index (χ0n) is 18.3. The average molecular weight is 523 g/mol. The molecule has 0 aromatic heterocycles. The summed E-state index contributed by atoms with van der Waals surface area (Å²) in [5.74, 6) is -0.358. The smallest absolute Gasteiger partial charge is 0.261 e. The Bertz CT molecular complexity index is 1490. The molecule has 0 aliphatic carbocycles. The Kier molecular flexibility index (Phi) is 7.56. The van der Waals surface area contributed by atoms with Crippen LogP contribution in [-0.4, -0.2) is 14.3 Å². The van der Waals surface area contributed by atoms with E-state index in [9.17, 15) is 13.2 Å². The lowest BCUT2D eigenvalue weighted by Crippen LogP contribution is -2.15. The van der Waals surface area contributed by atoms with Crippen LogP contribution in [0.2, 0.25) is 10.0 Å². The van der Waals surface area contributed by atoms with Gasteiger partial charge in [-0.3, -0.25) is 9.52 Å². The summed E-state index contributed by atoms with van der Waals surface area (Å²) in [6, 6.07) is 28.8. The zero-order valence-corrected chi connectivity index (χ0v) is 20.6. The molecule has 0 heterocycles. The van der Waals surface area contributed by atoms with Gasteiger partial charge in [-0.1, -0.05) is 77.8 Å². The van der Waals surface area contributed by atoms with E-state index in [1.54, 1.807) is 30.3 Å². The van der Waals surface area contributed by atoms with E-state index in [2.05, 4.69) is 10.0 Å². The van der Waals surface area contributed by atoms with Crippen LogP contribution in [0.1, 0.15) is 11.1 Å². The molecule has 176 valence electrons. The van der Waals surface area contributed by atoms with Gasteiger partial charge in [-0.15, -0.1) is 0 Å². The minimum absolute atomic E-state index is 0.0466. The molecule has 5 nitrogen and oxygen atoms in total. The fourth-order valence-electron chi connectivity index (χ4n) is 3.33. The molecular weight excluding hydrogens is 503 g/mol. The number of halogens is 2. The lowest BCUT2D eigenvalue weighted by molar-refractivity contribution is -0.111. The van der Waals surface area contributed by atoms with Crippen molar-refractivity contribution < 1.29 is 13.2 Å². The van der Waals surface area contributed by atoms with Crippen molar-refractivity contribution in [2.24, 2.45) is 0 Å². The maximum absolute atomic E-state index is 13.2. The summed E-state index contributed by atoms with van der Waals surface area (Å²) >= 11 is 12.2. The summed E-state index contributed by atoms with van der Waals surface area (Å²) in [4.78, 5) is 13.3. The maximum atomic E-state index is 13.2. The van der Waals surface area contributed by atoms with Crippen LogP contribution in [0.3, 0.4) is 0 Å². The average Bonchev–Trinajstić information content (AvgIpc) is 2.84. The summed E-state index contributed by atoms with van der Waals surface area (Å²) in [7, 11) is -3.83. The zero-order chi connectivity index (χ0) is 24.8. The molecule has 35 heavy (non-hydrogen) atoms. The van der Waals surface area contributed by atoms with Crippen molar-refractivity contribution in [2.75, 3.05) is 10.0 Å². The number of hydrogen-bond acceptors (Lipinski definition) is 3. The van der Waals surface area contributed by atoms with E-state index >= 15 is 0 Å². The van der Waals surface area contributed by atoms with Crippen molar-refractivity contribution >= 4 is 62.2 Å². The summed E-state index contributed by atoms with van der Waals surface area (Å²) in [5.41, 5.74) is 2.63. The number of rotatable bonds is 7. The Balaban J connectivity index is 1.56. The lowest BCUT2D eigenvalue weighted by Gasteiger charge is -2.12. The van der Waals surface area contributed by atoms with Gasteiger partial charge in [-0.25, -0.2) is 8.42 Å². The molecule has 4 aromatic rings. The third-order valence-corrected chi connectivity index (χ3v) is 7.01. The molecule has 0 radical (unpaired) electrons. The van der Waals surface area contributed by atoms with Crippen molar-refractivity contribution in [1.82, 2.24) is 0 Å². The molecule has 0 aliphatic rings. The highest BCUT2D eigenvalue weighted by Gasteiger charge is 2.16. The molecule has 4 rings (SSSR count). The van der Waals surface area contributed by atoms with E-state index in [1.807, 2.05) is 48.5 Å². The van der Waals surface area contributed by atoms with Gasteiger partial charge < -0.3 is 5.32 Å². The quantitative estimate of drug-likeness (QED) is 0.203. The summed E-state index contributed by atoms with van der Waals surface area (Å²) in [6.45, 7) is 0. The second-order valence-corrected chi connectivity index (χ2v) is 10.1. The molecule has 0 fully saturated rings. The maximum Gasteiger partial charge on any atom is 0.261 e. The van der Waals surface area contributed by atoms with Crippen molar-refractivity contribution in [3.63, 3.8) is 0 Å². The molecule has 0 aliphatic heterocycles. The highest BCUT2D eigenvalue weighted by molar-refractivity contribution is 7.92. The van der Waals surface area contributed by atoms with Gasteiger partial charge in [-0.05, 0) is 65.7 Å². The monoisotopic (exact) mass is 522 g/mol. The number of carbonyl (C=O) groups is 1. The van der Waals surface area contributed by atoms with Crippen LogP contribution in [-0.2, 0) is 14.8 Å². The Morgan fingerprint density at radius 2 is 1.43 bits per heavy atom. The third-order valence-electron chi connectivity index (χ3n) is 5.03. The van der Waals surface area contributed by atoms with Gasteiger partial charge in [0.1, 0.15) is 0 Å². The van der Waals surface area contributed by atoms with Crippen molar-refractivity contribution in [3.05, 3.63) is 124 Å². The van der Waals surface area contributed by atoms with Gasteiger partial charge in [0.25, 0.3) is 15.9 Å². The highest BCUT2D eigenvalue weighted by Crippen LogP contribution is 2.25. The second-order valence-electron chi connectivity index (χ2n) is 7.54. The predicted molar refractivity (Wildman–Crippen MR) is 143 cm³/mol. The third kappa shape index (κ3) is 6.31. The number of amides is 1. The van der Waals surface area contributed by atoms with Gasteiger partial charge in [0.2, 0.25) is 0 Å². The Labute approximate surface area is 214 Å². The number of benzene rings is 4. The van der Waals surface area contributed by atoms with E-state index < -0.39 is 10.0 Å². The Hall–Kier alpha value is -3.58. The molecule has 8 heteroatoms. The number of anilines is 2. The van der Waals surface area contributed by atoms with E-state index in [4.69, 9.17) is 23.2 Å². The minimum atomic E-state index is -3.83. The molecule has 2 N–H and O–H groups in total. The van der Waals surface area contributed by atoms with Crippen molar-refractivity contribution in [1.29, 1.82) is 0 Å². The van der Waals surface area contributed by atoms with Crippen LogP contribution in [0.5, 0.6) is 0 Å². The van der Waals surface area contributed by atoms with Crippen LogP contribution in [0.25, 0.3) is 11.6 Å². The van der Waals surface area contributed by atoms with Crippen LogP contribution < -0.4 is 10.0 Å². The summed E-state index contributed by atoms with van der Waals surface area (Å²) in [6.07, 6.45) is 1.72. The minimum Gasteiger partial charge on any atom is -0.322 e. The summed E-state index contributed by atoms with van der Waals surface area (Å²) < 4.78 is 27.9. The fourth-order valence-corrected chi connectivity index (χ4v) is 4.76. The molecule has 0 atom stereocenters. The first-order valence-electron chi connectivity index (χ1n) is 10.5. The van der Waals surface area contributed by atoms with Gasteiger partial charge >= 0.3 is 0 Å². The molecule has 0 spiro atoms. The van der Waals surface area contributed by atoms with Crippen LogP contribution in [0.4, 0.5) is 11.4 Å². The molecule has 0 unspecified atom stereocenters. The molecule has 1 amide bonds. The standard InChI is InChI=1S/C27H20Cl2N2O3S/c28-21-10-6-11-23(18-21)31-35(33,34)24-15-13-22(14-16-24)30-27(32)25(19-7-2-1-3-8-19)17-20-9-4-5-12-26(20)29/h1-18,31H,(H,30,32)/b25-17+. The van der Waals surface area contributed by atoms with Crippen LogP contribution in [0, 0.1) is 0 Å². The number of hydrogen-bond donors (Lipinski definition) is 2. The van der Waals surface area contributed by atoms with E-state index in [0.717, 1.165) is 5.56 Å². The Morgan fingerprint density at radius 3 is 2.11 bits per heavy atom. The molecule has 0 bridgehead atoms. The van der Waals surface area contributed by atoms with Crippen molar-refractivity contribution in [2.45, 2.75) is 4.90 Å². The van der Waals surface area contributed by atoms with Gasteiger partial charge in [0.05, 0.1) is 10.6 Å². The largest absolute Gasteiger partial charge is 0.322 e. The number of nitrogens with one attached hydrogen (secondary N) is 2. The van der Waals surface area contributed by atoms with Crippen LogP contribution in [0.15, 0.2) is 108 Å². The molecular formula is C27H20Cl2N2O3S. The molecule has 0 saturated carbocycles.